The topological polar surface area (TPSA) is 9.23 Å². The lowest BCUT2D eigenvalue weighted by Crippen LogP contribution is -1.88. The lowest BCUT2D eigenvalue weighted by molar-refractivity contribution is 0.471. The number of rotatable bonds is 4. The zero-order valence-corrected chi connectivity index (χ0v) is 12.1. The zero-order chi connectivity index (χ0) is 13.0. The zero-order valence-electron chi connectivity index (χ0n) is 9.82. The molecule has 94 valence electrons. The van der Waals surface area contributed by atoms with Crippen LogP contribution in [0.3, 0.4) is 0 Å². The smallest absolute Gasteiger partial charge is 0.140 e. The highest BCUT2D eigenvalue weighted by molar-refractivity contribution is 7.98. The number of hydrogen-bond acceptors (Lipinski definition) is 2. The van der Waals surface area contributed by atoms with Crippen LogP contribution in [-0.2, 0) is 5.88 Å². The number of ether oxygens (including phenoxy) is 1. The van der Waals surface area contributed by atoms with Crippen LogP contribution in [0.15, 0.2) is 47.4 Å². The maximum Gasteiger partial charge on any atom is 0.140 e. The van der Waals surface area contributed by atoms with Crippen LogP contribution in [0.4, 0.5) is 0 Å². The minimum absolute atomic E-state index is 0.403. The summed E-state index contributed by atoms with van der Waals surface area (Å²) in [6.45, 7) is 0. The molecule has 2 aromatic carbocycles. The maximum atomic E-state index is 6.10. The lowest BCUT2D eigenvalue weighted by Gasteiger charge is -2.10. The van der Waals surface area contributed by atoms with Gasteiger partial charge in [0.05, 0.1) is 0 Å². The molecule has 0 spiro atoms. The van der Waals surface area contributed by atoms with Gasteiger partial charge >= 0.3 is 0 Å². The molecule has 0 aliphatic rings. The fourth-order valence-corrected chi connectivity index (χ4v) is 2.59. The quantitative estimate of drug-likeness (QED) is 0.537. The maximum absolute atomic E-state index is 6.10. The second-order valence-electron chi connectivity index (χ2n) is 3.64. The second kappa shape index (κ2) is 6.37. The minimum Gasteiger partial charge on any atom is -0.456 e. The molecule has 0 N–H and O–H groups in total. The van der Waals surface area contributed by atoms with Gasteiger partial charge in [-0.25, -0.2) is 0 Å². The van der Waals surface area contributed by atoms with E-state index in [9.17, 15) is 0 Å². The van der Waals surface area contributed by atoms with Gasteiger partial charge in [-0.15, -0.1) is 23.4 Å². The lowest BCUT2D eigenvalue weighted by atomic mass is 10.2. The van der Waals surface area contributed by atoms with E-state index >= 15 is 0 Å². The van der Waals surface area contributed by atoms with E-state index in [0.717, 1.165) is 22.0 Å². The van der Waals surface area contributed by atoms with E-state index in [0.29, 0.717) is 10.9 Å². The van der Waals surface area contributed by atoms with E-state index in [1.54, 1.807) is 17.8 Å². The van der Waals surface area contributed by atoms with Crippen LogP contribution in [-0.4, -0.2) is 6.26 Å². The monoisotopic (exact) mass is 298 g/mol. The Hall–Kier alpha value is -0.830. The molecule has 0 saturated carbocycles. The minimum atomic E-state index is 0.403. The largest absolute Gasteiger partial charge is 0.456 e. The van der Waals surface area contributed by atoms with E-state index in [4.69, 9.17) is 27.9 Å². The third-order valence-corrected chi connectivity index (χ3v) is 3.88. The first kappa shape index (κ1) is 13.6. The van der Waals surface area contributed by atoms with Crippen molar-refractivity contribution in [1.82, 2.24) is 0 Å². The Morgan fingerprint density at radius 2 is 1.94 bits per heavy atom. The molecule has 0 aliphatic heterocycles. The summed E-state index contributed by atoms with van der Waals surface area (Å²) in [4.78, 5) is 1.09. The first-order valence-corrected chi connectivity index (χ1v) is 7.53. The molecule has 0 fully saturated rings. The molecule has 0 radical (unpaired) electrons. The van der Waals surface area contributed by atoms with Crippen molar-refractivity contribution in [3.8, 4) is 11.5 Å². The molecule has 0 saturated heterocycles. The molecule has 0 bridgehead atoms. The highest BCUT2D eigenvalue weighted by Gasteiger charge is 2.05. The van der Waals surface area contributed by atoms with Crippen molar-refractivity contribution in [2.24, 2.45) is 0 Å². The summed E-state index contributed by atoms with van der Waals surface area (Å²) in [5.74, 6) is 1.95. The van der Waals surface area contributed by atoms with Gasteiger partial charge in [-0.1, -0.05) is 29.8 Å². The number of para-hydroxylation sites is 1. The van der Waals surface area contributed by atoms with Gasteiger partial charge in [0.1, 0.15) is 11.5 Å². The fraction of sp³-hybridized carbons (Fsp3) is 0.143. The Balaban J connectivity index is 2.26. The number of alkyl halides is 1. The molecule has 0 aliphatic carbocycles. The molecule has 2 aromatic rings. The fourth-order valence-electron chi connectivity index (χ4n) is 1.53. The van der Waals surface area contributed by atoms with Gasteiger partial charge in [0.25, 0.3) is 0 Å². The summed E-state index contributed by atoms with van der Waals surface area (Å²) in [6.07, 6.45) is 2.02. The Labute approximate surface area is 121 Å². The SMILES string of the molecule is CSc1ccccc1Oc1ccc(CCl)c(Cl)c1. The van der Waals surface area contributed by atoms with Gasteiger partial charge in [0.2, 0.25) is 0 Å². The van der Waals surface area contributed by atoms with Crippen molar-refractivity contribution in [2.45, 2.75) is 10.8 Å². The first-order chi connectivity index (χ1) is 8.74. The van der Waals surface area contributed by atoms with Crippen molar-refractivity contribution < 1.29 is 4.74 Å². The summed E-state index contributed by atoms with van der Waals surface area (Å²) in [5, 5.41) is 0.629. The van der Waals surface area contributed by atoms with Crippen LogP contribution >= 0.6 is 35.0 Å². The Morgan fingerprint density at radius 1 is 1.17 bits per heavy atom. The third kappa shape index (κ3) is 3.14. The van der Waals surface area contributed by atoms with Crippen molar-refractivity contribution in [3.63, 3.8) is 0 Å². The van der Waals surface area contributed by atoms with Crippen LogP contribution in [0.25, 0.3) is 0 Å². The number of hydrogen-bond donors (Lipinski definition) is 0. The average molecular weight is 299 g/mol. The standard InChI is InChI=1S/C14H12Cl2OS/c1-18-14-5-3-2-4-13(14)17-11-7-6-10(9-15)12(16)8-11/h2-8H,9H2,1H3. The van der Waals surface area contributed by atoms with Crippen molar-refractivity contribution in [3.05, 3.63) is 53.1 Å². The van der Waals surface area contributed by atoms with Crippen molar-refractivity contribution in [2.75, 3.05) is 6.26 Å². The predicted octanol–water partition coefficient (Wildman–Crippen LogP) is 5.59. The van der Waals surface area contributed by atoms with Crippen LogP contribution in [0, 0.1) is 0 Å². The van der Waals surface area contributed by atoms with E-state index in [1.165, 1.54) is 0 Å². The Bertz CT molecular complexity index is 543. The average Bonchev–Trinajstić information content (AvgIpc) is 2.39. The van der Waals surface area contributed by atoms with E-state index < -0.39 is 0 Å². The van der Waals surface area contributed by atoms with E-state index in [2.05, 4.69) is 0 Å². The van der Waals surface area contributed by atoms with Gasteiger partial charge < -0.3 is 4.74 Å². The summed E-state index contributed by atoms with van der Waals surface area (Å²) >= 11 is 13.5. The Morgan fingerprint density at radius 3 is 2.61 bits per heavy atom. The molecule has 0 aromatic heterocycles. The summed E-state index contributed by atoms with van der Waals surface area (Å²) in [5.41, 5.74) is 0.906. The molecule has 18 heavy (non-hydrogen) atoms. The van der Waals surface area contributed by atoms with Crippen LogP contribution < -0.4 is 4.74 Å². The molecule has 0 amide bonds. The first-order valence-electron chi connectivity index (χ1n) is 5.40. The highest BCUT2D eigenvalue weighted by atomic mass is 35.5. The predicted molar refractivity (Wildman–Crippen MR) is 79.3 cm³/mol. The molecule has 2 rings (SSSR count). The van der Waals surface area contributed by atoms with Crippen molar-refractivity contribution >= 4 is 35.0 Å². The van der Waals surface area contributed by atoms with Gasteiger partial charge in [-0.2, -0.15) is 0 Å². The van der Waals surface area contributed by atoms with Gasteiger partial charge in [0.15, 0.2) is 0 Å². The molecule has 4 heteroatoms. The summed E-state index contributed by atoms with van der Waals surface area (Å²) in [6, 6.07) is 13.4. The molecular weight excluding hydrogens is 287 g/mol. The van der Waals surface area contributed by atoms with E-state index in [1.807, 2.05) is 42.7 Å². The Kier molecular flexibility index (Phi) is 4.81. The normalized spacial score (nSPS) is 10.4. The molecule has 1 nitrogen and oxygen atoms in total. The van der Waals surface area contributed by atoms with E-state index in [-0.39, 0.29) is 0 Å². The van der Waals surface area contributed by atoms with Crippen molar-refractivity contribution in [1.29, 1.82) is 0 Å². The number of benzene rings is 2. The molecular formula is C14H12Cl2OS. The van der Waals surface area contributed by atoms with Crippen LogP contribution in [0.5, 0.6) is 11.5 Å². The number of thioether (sulfide) groups is 1. The highest BCUT2D eigenvalue weighted by Crippen LogP contribution is 2.33. The third-order valence-electron chi connectivity index (χ3n) is 2.47. The molecule has 0 atom stereocenters. The second-order valence-corrected chi connectivity index (χ2v) is 5.16. The summed E-state index contributed by atoms with van der Waals surface area (Å²) < 4.78 is 5.83. The molecule has 0 unspecified atom stereocenters. The number of halogens is 2. The van der Waals surface area contributed by atoms with Crippen LogP contribution in [0.2, 0.25) is 5.02 Å². The molecule has 0 heterocycles. The summed E-state index contributed by atoms with van der Waals surface area (Å²) in [7, 11) is 0. The van der Waals surface area contributed by atoms with Gasteiger partial charge in [0, 0.05) is 15.8 Å². The van der Waals surface area contributed by atoms with Gasteiger partial charge in [-0.3, -0.25) is 0 Å². The van der Waals surface area contributed by atoms with Crippen LogP contribution in [0.1, 0.15) is 5.56 Å². The van der Waals surface area contributed by atoms with Gasteiger partial charge in [-0.05, 0) is 36.1 Å².